The van der Waals surface area contributed by atoms with Crippen LogP contribution in [-0.4, -0.2) is 10.5 Å². The van der Waals surface area contributed by atoms with E-state index in [1.807, 2.05) is 30.3 Å². The van der Waals surface area contributed by atoms with Crippen LogP contribution in [0.3, 0.4) is 0 Å². The second-order valence-corrected chi connectivity index (χ2v) is 7.35. The number of hydrogen-bond acceptors (Lipinski definition) is 1. The summed E-state index contributed by atoms with van der Waals surface area (Å²) in [5, 5.41) is 4.36. The lowest BCUT2D eigenvalue weighted by molar-refractivity contribution is 0.101. The van der Waals surface area contributed by atoms with Crippen LogP contribution in [0.1, 0.15) is 67.6 Å². The zero-order valence-electron chi connectivity index (χ0n) is 16.9. The lowest BCUT2D eigenvalue weighted by atomic mass is 9.97. The fraction of sp³-hybridized carbons (Fsp3) is 0.375. The highest BCUT2D eigenvalue weighted by molar-refractivity contribution is 6.08. The first-order chi connectivity index (χ1) is 13.1. The Balaban J connectivity index is 2.03. The van der Waals surface area contributed by atoms with E-state index in [4.69, 9.17) is 0 Å². The molecule has 142 valence electrons. The highest BCUT2D eigenvalue weighted by Gasteiger charge is 2.21. The van der Waals surface area contributed by atoms with Crippen molar-refractivity contribution in [1.82, 2.24) is 4.57 Å². The Morgan fingerprint density at radius 3 is 2.52 bits per heavy atom. The second-order valence-electron chi connectivity index (χ2n) is 7.35. The monoisotopic (exact) mass is 362 g/mol. The molecule has 1 atom stereocenters. The Hall–Kier alpha value is -2.55. The first kappa shape index (κ1) is 19.2. The molecule has 0 saturated heterocycles. The maximum absolute atomic E-state index is 13.3. The summed E-state index contributed by atoms with van der Waals surface area (Å²) in [6.45, 7) is 9.48. The average molecular weight is 363 g/mol. The number of unbranched alkanes of at least 4 members (excludes halogenated alkanes) is 1. The molecule has 0 aliphatic carbocycles. The van der Waals surface area contributed by atoms with Gasteiger partial charge in [0.1, 0.15) is 5.69 Å². The zero-order valence-corrected chi connectivity index (χ0v) is 16.9. The van der Waals surface area contributed by atoms with E-state index in [1.165, 1.54) is 5.56 Å². The van der Waals surface area contributed by atoms with Crippen LogP contribution < -0.4 is 5.32 Å². The fourth-order valence-electron chi connectivity index (χ4n) is 3.76. The average Bonchev–Trinajstić information content (AvgIpc) is 2.98. The number of para-hydroxylation sites is 2. The first-order valence-corrected chi connectivity index (χ1v) is 10.1. The van der Waals surface area contributed by atoms with Gasteiger partial charge in [-0.2, -0.15) is 0 Å². The van der Waals surface area contributed by atoms with Crippen molar-refractivity contribution >= 4 is 22.5 Å². The number of rotatable bonds is 7. The van der Waals surface area contributed by atoms with Crippen molar-refractivity contribution in [2.75, 3.05) is 5.32 Å². The van der Waals surface area contributed by atoms with E-state index in [1.54, 1.807) is 0 Å². The smallest absolute Gasteiger partial charge is 0.272 e. The van der Waals surface area contributed by atoms with E-state index in [0.29, 0.717) is 5.92 Å². The number of benzene rings is 2. The molecular formula is C24H30N2O. The van der Waals surface area contributed by atoms with Gasteiger partial charge in [0.15, 0.2) is 0 Å². The van der Waals surface area contributed by atoms with Gasteiger partial charge in [-0.3, -0.25) is 4.79 Å². The molecule has 0 radical (unpaired) electrons. The van der Waals surface area contributed by atoms with E-state index in [2.05, 4.69) is 55.8 Å². The zero-order chi connectivity index (χ0) is 19.4. The number of aryl methyl sites for hydroxylation is 2. The van der Waals surface area contributed by atoms with Gasteiger partial charge in [0.2, 0.25) is 0 Å². The molecule has 0 bridgehead atoms. The summed E-state index contributed by atoms with van der Waals surface area (Å²) in [6, 6.07) is 16.5. The van der Waals surface area contributed by atoms with E-state index in [0.717, 1.165) is 53.7 Å². The number of amides is 1. The molecule has 27 heavy (non-hydrogen) atoms. The molecular weight excluding hydrogens is 332 g/mol. The van der Waals surface area contributed by atoms with Gasteiger partial charge >= 0.3 is 0 Å². The summed E-state index contributed by atoms with van der Waals surface area (Å²) in [4.78, 5) is 13.3. The molecule has 3 nitrogen and oxygen atoms in total. The molecule has 0 spiro atoms. The number of carbonyl (C=O) groups is 1. The van der Waals surface area contributed by atoms with E-state index in [-0.39, 0.29) is 5.91 Å². The topological polar surface area (TPSA) is 34.0 Å². The van der Waals surface area contributed by atoms with Gasteiger partial charge < -0.3 is 9.88 Å². The van der Waals surface area contributed by atoms with Gasteiger partial charge in [-0.1, -0.05) is 63.6 Å². The van der Waals surface area contributed by atoms with Crippen molar-refractivity contribution < 1.29 is 4.79 Å². The van der Waals surface area contributed by atoms with Gasteiger partial charge in [-0.15, -0.1) is 0 Å². The number of fused-ring (bicyclic) bond motifs is 1. The van der Waals surface area contributed by atoms with E-state index >= 15 is 0 Å². The third kappa shape index (κ3) is 3.78. The van der Waals surface area contributed by atoms with E-state index in [9.17, 15) is 4.79 Å². The second kappa shape index (κ2) is 8.43. The molecule has 2 aromatic carbocycles. The maximum Gasteiger partial charge on any atom is 0.272 e. The van der Waals surface area contributed by atoms with Crippen molar-refractivity contribution in [1.29, 1.82) is 0 Å². The number of anilines is 1. The Morgan fingerprint density at radius 1 is 1.07 bits per heavy atom. The van der Waals surface area contributed by atoms with Gasteiger partial charge in [-0.05, 0) is 48.9 Å². The lowest BCUT2D eigenvalue weighted by Crippen LogP contribution is -2.19. The first-order valence-electron chi connectivity index (χ1n) is 10.1. The summed E-state index contributed by atoms with van der Waals surface area (Å²) < 4.78 is 2.19. The molecule has 0 saturated carbocycles. The van der Waals surface area contributed by atoms with Gasteiger partial charge in [-0.25, -0.2) is 0 Å². The van der Waals surface area contributed by atoms with Crippen LogP contribution in [-0.2, 0) is 6.54 Å². The normalized spacial score (nSPS) is 12.3. The van der Waals surface area contributed by atoms with Crippen LogP contribution in [0.15, 0.2) is 48.5 Å². The molecule has 1 heterocycles. The molecule has 0 fully saturated rings. The highest BCUT2D eigenvalue weighted by Crippen LogP contribution is 2.30. The summed E-state index contributed by atoms with van der Waals surface area (Å²) >= 11 is 0. The molecule has 1 N–H and O–H groups in total. The summed E-state index contributed by atoms with van der Waals surface area (Å²) in [7, 11) is 0. The Bertz CT molecular complexity index is 939. The molecule has 0 aliphatic rings. The lowest BCUT2D eigenvalue weighted by Gasteiger charge is -2.17. The summed E-state index contributed by atoms with van der Waals surface area (Å²) in [5.41, 5.74) is 5.10. The molecule has 3 heteroatoms. The summed E-state index contributed by atoms with van der Waals surface area (Å²) in [5.74, 6) is 0.393. The number of nitrogens with zero attached hydrogens (tertiary/aromatic N) is 1. The van der Waals surface area contributed by atoms with Crippen LogP contribution in [0.5, 0.6) is 0 Å². The van der Waals surface area contributed by atoms with Gasteiger partial charge in [0, 0.05) is 23.1 Å². The number of nitrogens with one attached hydrogen (secondary N) is 1. The van der Waals surface area contributed by atoms with Gasteiger partial charge in [0.25, 0.3) is 5.91 Å². The van der Waals surface area contributed by atoms with Crippen LogP contribution in [0.4, 0.5) is 5.69 Å². The van der Waals surface area contributed by atoms with Crippen LogP contribution in [0.25, 0.3) is 10.9 Å². The predicted molar refractivity (Wildman–Crippen MR) is 115 cm³/mol. The molecule has 1 aromatic heterocycles. The van der Waals surface area contributed by atoms with Crippen LogP contribution in [0, 0.1) is 6.92 Å². The summed E-state index contributed by atoms with van der Waals surface area (Å²) in [6.07, 6.45) is 3.20. The van der Waals surface area contributed by atoms with Crippen LogP contribution >= 0.6 is 0 Å². The largest absolute Gasteiger partial charge is 0.336 e. The van der Waals surface area contributed by atoms with Gasteiger partial charge in [0.05, 0.1) is 0 Å². The molecule has 0 aliphatic heterocycles. The minimum Gasteiger partial charge on any atom is -0.336 e. The number of carbonyl (C=O) groups excluding carboxylic acids is 1. The molecule has 3 aromatic rings. The standard InChI is InChI=1S/C24H30N2O/c1-5-7-16-26-22-15-11-9-13-20(22)18(4)23(26)24(27)25-21-14-10-8-12-19(21)17(3)6-2/h8-15,17H,5-7,16H2,1-4H3,(H,25,27). The van der Waals surface area contributed by atoms with Crippen LogP contribution in [0.2, 0.25) is 0 Å². The third-order valence-electron chi connectivity index (χ3n) is 5.53. The van der Waals surface area contributed by atoms with Crippen molar-refractivity contribution in [2.24, 2.45) is 0 Å². The predicted octanol–water partition coefficient (Wildman–Crippen LogP) is 6.52. The number of aromatic nitrogens is 1. The molecule has 1 unspecified atom stereocenters. The van der Waals surface area contributed by atoms with Crippen molar-refractivity contribution in [3.05, 3.63) is 65.4 Å². The van der Waals surface area contributed by atoms with Crippen molar-refractivity contribution in [3.8, 4) is 0 Å². The third-order valence-corrected chi connectivity index (χ3v) is 5.53. The number of hydrogen-bond donors (Lipinski definition) is 1. The Labute approximate surface area is 162 Å². The van der Waals surface area contributed by atoms with Crippen molar-refractivity contribution in [2.45, 2.75) is 59.4 Å². The van der Waals surface area contributed by atoms with E-state index < -0.39 is 0 Å². The SMILES string of the molecule is CCCCn1c(C(=O)Nc2ccccc2C(C)CC)c(C)c2ccccc21. The minimum atomic E-state index is -0.0180. The molecule has 3 rings (SSSR count). The Kier molecular flexibility index (Phi) is 6.00. The Morgan fingerprint density at radius 2 is 1.78 bits per heavy atom. The highest BCUT2D eigenvalue weighted by atomic mass is 16.2. The fourth-order valence-corrected chi connectivity index (χ4v) is 3.76. The van der Waals surface area contributed by atoms with Crippen molar-refractivity contribution in [3.63, 3.8) is 0 Å². The molecule has 1 amide bonds. The quantitative estimate of drug-likeness (QED) is 0.510. The maximum atomic E-state index is 13.3. The minimum absolute atomic E-state index is 0.0180.